The fourth-order valence-electron chi connectivity index (χ4n) is 16.3. The first-order valence-corrected chi connectivity index (χ1v) is 72.2. The summed E-state index contributed by atoms with van der Waals surface area (Å²) in [5, 5.41) is 92.2. The molecular formula is C97H186O37SSi7. The highest BCUT2D eigenvalue weighted by Gasteiger charge is 2.64. The molecule has 35 atom stereocenters. The molecule has 15 fully saturated rings. The molecule has 1 aromatic carbocycles. The van der Waals surface area contributed by atoms with Crippen molar-refractivity contribution in [3.05, 3.63) is 29.8 Å². The van der Waals surface area contributed by atoms with Crippen LogP contribution in [0.25, 0.3) is 0 Å². The molecule has 15 aliphatic heterocycles. The highest BCUT2D eigenvalue weighted by Crippen LogP contribution is 2.50. The van der Waals surface area contributed by atoms with E-state index in [4.69, 9.17) is 130 Å². The largest absolute Gasteiger partial charge is 0.414 e. The van der Waals surface area contributed by atoms with E-state index in [1.807, 2.05) is 107 Å². The van der Waals surface area contributed by atoms with Crippen LogP contribution in [0, 0.1) is 6.92 Å². The van der Waals surface area contributed by atoms with E-state index in [0.29, 0.717) is 5.56 Å². The van der Waals surface area contributed by atoms with Crippen molar-refractivity contribution in [1.29, 1.82) is 0 Å². The fraction of sp³-hybridized carbons (Fsp3) is 0.938. The van der Waals surface area contributed by atoms with Crippen LogP contribution in [0.1, 0.15) is 151 Å². The number of rotatable bonds is 30. The maximum Gasteiger partial charge on any atom is 0.297 e. The van der Waals surface area contributed by atoms with E-state index < -0.39 is 308 Å². The number of hydrogen-bond acceptors (Lipinski definition) is 37. The SMILES string of the molecule is CO[C@@H]1[C@H]2O[C@H]3[C@H](O)[C@@H](OS(=O)(=O)c4ccc(C)cc4)[C@@H](O[C@H]4[C@H](O)[C@@H](OC)[C@@H](O[C@H]5[C@H](O)[C@@H](OC)[C@@H](O[C@H]6[C@H](O)[C@@H](OC)[C@@H](O[C@H]7[C@H](O)[C@@H](OC)[C@@H](O[C@H]8[C@H](O)[C@H](OC)[C@@H](O[C@@H]([C@@H]1O)[C@@H](CO[Si](C)(C)C(C)(C)C)O2)O[C@@H]8CO[Si](C)(C)C(C)(C)C)O[C@@H]7CO[Si](C)(C)C(C)(C)C)O[C@@H]6CO[Si](C)(C)C(C)(C)C)O[C@@H]5CO[Si](C)(C)C(C)(C)C)O[C@@H]4CO[Si](C)(C)C(C)(C)C)O[C@@H]3CO[Si](C)(C)C(C)(C)C. The van der Waals surface area contributed by atoms with Crippen molar-refractivity contribution >= 4 is 68.3 Å². The maximum atomic E-state index is 15.4. The Kier molecular flexibility index (Phi) is 41.8. The topological polar surface area (TPSA) is 434 Å². The lowest BCUT2D eigenvalue weighted by molar-refractivity contribution is -0.399. The van der Waals surface area contributed by atoms with Gasteiger partial charge in [0.1, 0.15) is 165 Å². The predicted molar refractivity (Wildman–Crippen MR) is 547 cm³/mol. The van der Waals surface area contributed by atoms with Gasteiger partial charge in [-0.15, -0.1) is 0 Å². The fourth-order valence-corrected chi connectivity index (χ4v) is 24.5. The van der Waals surface area contributed by atoms with Crippen LogP contribution >= 0.6 is 0 Å². The Morgan fingerprint density at radius 1 is 0.239 bits per heavy atom. The van der Waals surface area contributed by atoms with Crippen LogP contribution in [0.15, 0.2) is 29.2 Å². The first kappa shape index (κ1) is 125. The zero-order valence-electron chi connectivity index (χ0n) is 93.3. The molecule has 14 bridgehead atoms. The second kappa shape index (κ2) is 47.5. The maximum absolute atomic E-state index is 15.4. The number of methoxy groups -OCH3 is 6. The molecule has 0 spiro atoms. The highest BCUT2D eigenvalue weighted by molar-refractivity contribution is 7.86. The smallest absolute Gasteiger partial charge is 0.297 e. The van der Waals surface area contributed by atoms with Crippen molar-refractivity contribution in [3.63, 3.8) is 0 Å². The first-order valence-electron chi connectivity index (χ1n) is 50.4. The van der Waals surface area contributed by atoms with Gasteiger partial charge in [0.25, 0.3) is 10.1 Å². The number of aryl methyl sites for hydroxylation is 1. The summed E-state index contributed by atoms with van der Waals surface area (Å²) in [4.78, 5) is -0.324. The van der Waals surface area contributed by atoms with E-state index in [1.54, 1.807) is 19.1 Å². The van der Waals surface area contributed by atoms with Crippen molar-refractivity contribution in [3.8, 4) is 0 Å². The van der Waals surface area contributed by atoms with Gasteiger partial charge in [0.2, 0.25) is 0 Å². The summed E-state index contributed by atoms with van der Waals surface area (Å²) in [6, 6.07) is 5.84. The molecule has 0 unspecified atom stereocenters. The molecule has 7 N–H and O–H groups in total. The molecule has 15 saturated heterocycles. The van der Waals surface area contributed by atoms with Gasteiger partial charge in [0, 0.05) is 42.7 Å². The van der Waals surface area contributed by atoms with Gasteiger partial charge in [-0.05, 0) is 146 Å². The van der Waals surface area contributed by atoms with Gasteiger partial charge in [0.15, 0.2) is 108 Å². The third kappa shape index (κ3) is 28.6. The van der Waals surface area contributed by atoms with E-state index >= 15 is 8.42 Å². The van der Waals surface area contributed by atoms with E-state index in [2.05, 4.69) is 130 Å². The summed E-state index contributed by atoms with van der Waals surface area (Å²) in [6.45, 7) is 71.5. The van der Waals surface area contributed by atoms with Gasteiger partial charge >= 0.3 is 0 Å². The van der Waals surface area contributed by atoms with Gasteiger partial charge in [-0.3, -0.25) is 4.18 Å². The van der Waals surface area contributed by atoms with Crippen LogP contribution in [0.2, 0.25) is 127 Å². The number of ether oxygens (including phenoxy) is 20. The van der Waals surface area contributed by atoms with E-state index in [-0.39, 0.29) is 61.2 Å². The quantitative estimate of drug-likeness (QED) is 0.0278. The molecule has 15 heterocycles. The monoisotopic (exact) mass is 2170 g/mol. The standard InChI is InChI=1S/C97H186O37SSi7/c1-54-43-45-55(46-44-54)135(105,106)134-83-69(104)76-62(53-119-142(41,42)97(20,21)22)126-90(83)133-75-61(52-118-141(39,40)96(17,18)19)125-88(82(112-28)68(75)103)131-73-59(50-116-139(35,36)94(11,12)13)123-86(80(110-26)66(73)101)129-71-57(48-114-137(31,32)92(5,6)7)121-84(78(108-24)64(71)99)127-70-56(47-113-136(29,30)91(2,3)4)120-85(77(107-23)63(70)98)128-72-58(49-115-138(33,34)93(8,9)10)122-87(79(109-25)65(72)100)130-74-60(51-117-140(37,38)95(14,15)16)124-89(132-76)81(111-27)67(74)102/h43-46,56-90,98-104H,47-53H2,1-42H3/t56-,57-,58-,59-,60-,61-,62-,63+,64+,65+,66+,67+,68+,69+,70-,71-,72-,73-,74-,75-,76-,77-,78-,79+,80-,81+,82-,83-,84-,85-,86-,87-,88-,89-,90-/m1/s1. The van der Waals surface area contributed by atoms with Gasteiger partial charge in [-0.25, -0.2) is 0 Å². The molecule has 0 radical (unpaired) electrons. The molecule has 0 aromatic heterocycles. The molecule has 0 aliphatic carbocycles. The van der Waals surface area contributed by atoms with Crippen LogP contribution in [0.5, 0.6) is 0 Å². The highest BCUT2D eigenvalue weighted by atomic mass is 32.2. The molecule has 45 heteroatoms. The normalized spacial score (nSPS) is 37.4. The van der Waals surface area contributed by atoms with Crippen LogP contribution in [-0.4, -0.2) is 406 Å². The van der Waals surface area contributed by atoms with E-state index in [1.165, 1.54) is 54.8 Å². The average molecular weight is 2170 g/mol. The second-order valence-electron chi connectivity index (χ2n) is 50.5. The minimum atomic E-state index is -5.01. The summed E-state index contributed by atoms with van der Waals surface area (Å²) in [7, 11) is -16.8. The van der Waals surface area contributed by atoms with Gasteiger partial charge in [-0.1, -0.05) is 163 Å². The van der Waals surface area contributed by atoms with Crippen LogP contribution in [0.3, 0.4) is 0 Å². The van der Waals surface area contributed by atoms with E-state index in [9.17, 15) is 35.7 Å². The van der Waals surface area contributed by atoms with Crippen molar-refractivity contribution in [2.75, 3.05) is 88.9 Å². The molecule has 1 aromatic rings. The summed E-state index contributed by atoms with van der Waals surface area (Å²) in [6.07, 6.45) is -56.8. The van der Waals surface area contributed by atoms with Crippen LogP contribution in [0.4, 0.5) is 0 Å². The Balaban J connectivity index is 1.31. The zero-order chi connectivity index (χ0) is 107. The Hall–Kier alpha value is -0.712. The van der Waals surface area contributed by atoms with Crippen LogP contribution < -0.4 is 0 Å². The molecule has 0 saturated carbocycles. The number of benzene rings is 1. The summed E-state index contributed by atoms with van der Waals surface area (Å²) in [5.74, 6) is 0. The third-order valence-electron chi connectivity index (χ3n) is 33.4. The number of aliphatic hydroxyl groups excluding tert-OH is 7. The summed E-state index contributed by atoms with van der Waals surface area (Å²) >= 11 is 0. The number of fused-ring (bicyclic) bond motifs is 7. The second-order valence-corrected chi connectivity index (χ2v) is 85.7. The molecule has 37 nitrogen and oxygen atoms in total. The molecule has 142 heavy (non-hydrogen) atoms. The molecule has 830 valence electrons. The van der Waals surface area contributed by atoms with Gasteiger partial charge in [-0.2, -0.15) is 8.42 Å². The Bertz CT molecular complexity index is 4130. The summed E-state index contributed by atoms with van der Waals surface area (Å²) < 4.78 is 225. The first-order chi connectivity index (χ1) is 64.8. The van der Waals surface area contributed by atoms with E-state index in [0.717, 1.165) is 0 Å². The minimum Gasteiger partial charge on any atom is -0.414 e. The Morgan fingerprint density at radius 2 is 0.373 bits per heavy atom. The Morgan fingerprint density at radius 3 is 0.507 bits per heavy atom. The third-order valence-corrected chi connectivity index (χ3v) is 66.3. The lowest BCUT2D eigenvalue weighted by Gasteiger charge is -2.52. The van der Waals surface area contributed by atoms with Crippen molar-refractivity contribution in [1.82, 2.24) is 0 Å². The zero-order valence-corrected chi connectivity index (χ0v) is 101. The van der Waals surface area contributed by atoms with Crippen molar-refractivity contribution in [2.45, 2.75) is 499 Å². The Labute approximate surface area is 855 Å². The lowest BCUT2D eigenvalue weighted by Crippen LogP contribution is -2.69. The van der Waals surface area contributed by atoms with Crippen LogP contribution in [-0.2, 0) is 140 Å². The number of aliphatic hydroxyl groups is 7. The predicted octanol–water partition coefficient (Wildman–Crippen LogP) is 11.6. The van der Waals surface area contributed by atoms with Gasteiger partial charge in [0.05, 0.1) is 51.1 Å². The van der Waals surface area contributed by atoms with Crippen molar-refractivity contribution in [2.24, 2.45) is 0 Å². The number of hydrogen-bond donors (Lipinski definition) is 7. The molecule has 16 rings (SSSR count). The lowest BCUT2D eigenvalue weighted by atomic mass is 9.95. The molecule has 0 amide bonds. The molecule has 15 aliphatic rings. The van der Waals surface area contributed by atoms with Crippen molar-refractivity contribution < 1.29 is 174 Å². The van der Waals surface area contributed by atoms with Gasteiger partial charge < -0.3 is 161 Å². The molecular weight excluding hydrogens is 1990 g/mol. The minimum absolute atomic E-state index is 0.231. The average Bonchev–Trinajstić information content (AvgIpc) is 0.769. The summed E-state index contributed by atoms with van der Waals surface area (Å²) in [5.41, 5.74) is 0.713.